The first-order chi connectivity index (χ1) is 13.2. The second kappa shape index (κ2) is 6.96. The van der Waals surface area contributed by atoms with Gasteiger partial charge in [-0.05, 0) is 29.8 Å². The summed E-state index contributed by atoms with van der Waals surface area (Å²) < 4.78 is 16.0. The fourth-order valence-electron chi connectivity index (χ4n) is 3.84. The Hall–Kier alpha value is -2.99. The first kappa shape index (κ1) is 17.4. The third-order valence-corrected chi connectivity index (χ3v) is 5.14. The van der Waals surface area contributed by atoms with Crippen molar-refractivity contribution in [1.82, 2.24) is 10.3 Å². The summed E-state index contributed by atoms with van der Waals surface area (Å²) in [6.07, 6.45) is 0.564. The van der Waals surface area contributed by atoms with Gasteiger partial charge in [-0.2, -0.15) is 0 Å². The van der Waals surface area contributed by atoms with Crippen LogP contribution >= 0.6 is 0 Å². The summed E-state index contributed by atoms with van der Waals surface area (Å²) in [5.41, 5.74) is 4.09. The second-order valence-corrected chi connectivity index (χ2v) is 6.55. The molecule has 0 fully saturated rings. The number of hydrogen-bond acceptors (Lipinski definition) is 5. The smallest absolute Gasteiger partial charge is 0.323 e. The number of para-hydroxylation sites is 1. The van der Waals surface area contributed by atoms with E-state index >= 15 is 0 Å². The molecular weight excluding hydrogens is 344 g/mol. The molecule has 3 aromatic rings. The molecule has 2 N–H and O–H groups in total. The summed E-state index contributed by atoms with van der Waals surface area (Å²) >= 11 is 0. The summed E-state index contributed by atoms with van der Waals surface area (Å²) in [5, 5.41) is 4.54. The van der Waals surface area contributed by atoms with Crippen molar-refractivity contribution in [3.05, 3.63) is 59.3 Å². The third kappa shape index (κ3) is 2.92. The Morgan fingerprint density at radius 2 is 1.89 bits per heavy atom. The van der Waals surface area contributed by atoms with Gasteiger partial charge in [0.05, 0.1) is 27.4 Å². The molecule has 0 spiro atoms. The molecule has 2 atom stereocenters. The lowest BCUT2D eigenvalue weighted by molar-refractivity contribution is -0.143. The van der Waals surface area contributed by atoms with Crippen LogP contribution in [0.25, 0.3) is 10.9 Å². The number of carbonyl (C=O) groups excluding carboxylic acids is 1. The number of fused-ring (bicyclic) bond motifs is 3. The Labute approximate surface area is 157 Å². The molecule has 6 nitrogen and oxygen atoms in total. The van der Waals surface area contributed by atoms with Gasteiger partial charge >= 0.3 is 5.97 Å². The number of aromatic amines is 1. The fourth-order valence-corrected chi connectivity index (χ4v) is 3.84. The van der Waals surface area contributed by atoms with Crippen LogP contribution < -0.4 is 14.8 Å². The van der Waals surface area contributed by atoms with E-state index in [-0.39, 0.29) is 12.0 Å². The van der Waals surface area contributed by atoms with Crippen LogP contribution in [0.5, 0.6) is 11.5 Å². The summed E-state index contributed by atoms with van der Waals surface area (Å²) in [5.74, 6) is 1.17. The average molecular weight is 366 g/mol. The Kier molecular flexibility index (Phi) is 4.49. The molecule has 2 aromatic carbocycles. The van der Waals surface area contributed by atoms with Crippen LogP contribution in [0.3, 0.4) is 0 Å². The molecule has 27 heavy (non-hydrogen) atoms. The highest BCUT2D eigenvalue weighted by atomic mass is 16.5. The summed E-state index contributed by atoms with van der Waals surface area (Å²) in [6.45, 7) is 0. The molecule has 140 valence electrons. The molecule has 1 aliphatic heterocycles. The number of benzene rings is 2. The molecule has 1 aliphatic rings. The molecule has 4 rings (SSSR count). The van der Waals surface area contributed by atoms with Gasteiger partial charge in [-0.1, -0.05) is 18.2 Å². The molecule has 1 aromatic heterocycles. The maximum atomic E-state index is 12.3. The molecule has 2 heterocycles. The topological polar surface area (TPSA) is 72.6 Å². The van der Waals surface area contributed by atoms with E-state index in [2.05, 4.69) is 16.4 Å². The summed E-state index contributed by atoms with van der Waals surface area (Å²) in [6, 6.07) is 13.1. The van der Waals surface area contributed by atoms with Crippen LogP contribution in [0.2, 0.25) is 0 Å². The Bertz CT molecular complexity index is 995. The van der Waals surface area contributed by atoms with Crippen LogP contribution in [0.15, 0.2) is 42.5 Å². The van der Waals surface area contributed by atoms with Crippen LogP contribution in [0, 0.1) is 0 Å². The number of carbonyl (C=O) groups is 1. The van der Waals surface area contributed by atoms with Gasteiger partial charge in [0.1, 0.15) is 17.5 Å². The minimum absolute atomic E-state index is 0.254. The minimum Gasteiger partial charge on any atom is -0.497 e. The Balaban J connectivity index is 1.91. The zero-order valence-corrected chi connectivity index (χ0v) is 15.5. The molecule has 6 heteroatoms. The minimum atomic E-state index is -0.442. The van der Waals surface area contributed by atoms with Gasteiger partial charge in [0, 0.05) is 28.6 Å². The van der Waals surface area contributed by atoms with E-state index in [1.807, 2.05) is 36.4 Å². The van der Waals surface area contributed by atoms with Gasteiger partial charge in [0.2, 0.25) is 0 Å². The second-order valence-electron chi connectivity index (χ2n) is 6.55. The van der Waals surface area contributed by atoms with E-state index in [4.69, 9.17) is 14.2 Å². The van der Waals surface area contributed by atoms with Crippen molar-refractivity contribution < 1.29 is 19.0 Å². The Morgan fingerprint density at radius 3 is 2.63 bits per heavy atom. The molecule has 2 unspecified atom stereocenters. The summed E-state index contributed by atoms with van der Waals surface area (Å²) in [7, 11) is 4.68. The van der Waals surface area contributed by atoms with E-state index in [0.29, 0.717) is 6.42 Å². The number of nitrogens with one attached hydrogen (secondary N) is 2. The van der Waals surface area contributed by atoms with E-state index in [1.54, 1.807) is 14.2 Å². The highest BCUT2D eigenvalue weighted by Gasteiger charge is 2.35. The van der Waals surface area contributed by atoms with E-state index in [1.165, 1.54) is 7.11 Å². The fraction of sp³-hybridized carbons (Fsp3) is 0.286. The first-order valence-electron chi connectivity index (χ1n) is 8.81. The van der Waals surface area contributed by atoms with Crippen molar-refractivity contribution in [2.45, 2.75) is 18.5 Å². The largest absolute Gasteiger partial charge is 0.497 e. The number of aromatic nitrogens is 1. The highest BCUT2D eigenvalue weighted by molar-refractivity contribution is 5.87. The van der Waals surface area contributed by atoms with Crippen LogP contribution in [-0.2, 0) is 16.0 Å². The van der Waals surface area contributed by atoms with Crippen molar-refractivity contribution in [3.8, 4) is 11.5 Å². The van der Waals surface area contributed by atoms with Crippen molar-refractivity contribution in [2.24, 2.45) is 0 Å². The van der Waals surface area contributed by atoms with E-state index in [0.717, 1.165) is 39.2 Å². The number of rotatable bonds is 4. The van der Waals surface area contributed by atoms with Crippen molar-refractivity contribution in [3.63, 3.8) is 0 Å². The van der Waals surface area contributed by atoms with Gasteiger partial charge in [0.25, 0.3) is 0 Å². The predicted molar refractivity (Wildman–Crippen MR) is 102 cm³/mol. The molecular formula is C21H22N2O4. The lowest BCUT2D eigenvalue weighted by Gasteiger charge is -2.31. The van der Waals surface area contributed by atoms with Gasteiger partial charge < -0.3 is 19.2 Å². The number of ether oxygens (including phenoxy) is 3. The molecule has 0 saturated carbocycles. The number of methoxy groups -OCH3 is 3. The Morgan fingerprint density at radius 1 is 1.07 bits per heavy atom. The zero-order chi connectivity index (χ0) is 19.0. The van der Waals surface area contributed by atoms with E-state index in [9.17, 15) is 4.79 Å². The average Bonchev–Trinajstić information content (AvgIpc) is 3.10. The molecule has 0 radical (unpaired) electrons. The van der Waals surface area contributed by atoms with Crippen LogP contribution in [0.4, 0.5) is 0 Å². The van der Waals surface area contributed by atoms with Crippen molar-refractivity contribution >= 4 is 16.9 Å². The van der Waals surface area contributed by atoms with Crippen molar-refractivity contribution in [1.29, 1.82) is 0 Å². The highest BCUT2D eigenvalue weighted by Crippen LogP contribution is 2.39. The van der Waals surface area contributed by atoms with Gasteiger partial charge in [0.15, 0.2) is 0 Å². The number of esters is 1. The van der Waals surface area contributed by atoms with Crippen LogP contribution in [0.1, 0.15) is 22.9 Å². The third-order valence-electron chi connectivity index (χ3n) is 5.14. The standard InChI is InChI=1S/C21H22N2O4/c1-25-12-8-9-18(26-2)15(10-12)20-19-14(11-17(23-20)21(24)27-3)13-6-4-5-7-16(13)22-19/h4-10,17,20,22-23H,11H2,1-3H3. The first-order valence-corrected chi connectivity index (χ1v) is 8.81. The van der Waals surface area contributed by atoms with Gasteiger partial charge in [-0.25, -0.2) is 0 Å². The number of hydrogen-bond donors (Lipinski definition) is 2. The van der Waals surface area contributed by atoms with Crippen molar-refractivity contribution in [2.75, 3.05) is 21.3 Å². The molecule has 0 saturated heterocycles. The number of H-pyrrole nitrogens is 1. The normalized spacial score (nSPS) is 18.8. The maximum Gasteiger partial charge on any atom is 0.323 e. The predicted octanol–water partition coefficient (Wildman–Crippen LogP) is 2.96. The SMILES string of the molecule is COC(=O)C1Cc2c([nH]c3ccccc23)C(c2cc(OC)ccc2OC)N1. The molecule has 0 amide bonds. The maximum absolute atomic E-state index is 12.3. The molecule has 0 bridgehead atoms. The van der Waals surface area contributed by atoms with E-state index < -0.39 is 6.04 Å². The van der Waals surface area contributed by atoms with Gasteiger partial charge in [-0.15, -0.1) is 0 Å². The lowest BCUT2D eigenvalue weighted by atomic mass is 9.90. The van der Waals surface area contributed by atoms with Gasteiger partial charge in [-0.3, -0.25) is 10.1 Å². The molecule has 0 aliphatic carbocycles. The summed E-state index contributed by atoms with van der Waals surface area (Å²) in [4.78, 5) is 15.9. The zero-order valence-electron chi connectivity index (χ0n) is 15.5. The monoisotopic (exact) mass is 366 g/mol. The lowest BCUT2D eigenvalue weighted by Crippen LogP contribution is -2.45. The quantitative estimate of drug-likeness (QED) is 0.695. The van der Waals surface area contributed by atoms with Crippen LogP contribution in [-0.4, -0.2) is 38.3 Å².